The molecule has 7 rings (SSSR count). The molecule has 14 nitrogen and oxygen atoms in total. The first-order valence-electron chi connectivity index (χ1n) is 20.5. The maximum Gasteiger partial charge on any atom is 0.259 e. The minimum absolute atomic E-state index is 0.116. The normalized spacial score (nSPS) is 19.4. The number of hydrogen-bond donors (Lipinski definition) is 0. The van der Waals surface area contributed by atoms with E-state index in [-0.39, 0.29) is 31.8 Å². The maximum absolute atomic E-state index is 7.42. The fourth-order valence-electron chi connectivity index (χ4n) is 7.91. The number of aromatic nitrogens is 4. The second-order valence-electron chi connectivity index (χ2n) is 15.3. The molecule has 5 aromatic rings. The molecule has 2 unspecified atom stereocenters. The van der Waals surface area contributed by atoms with Gasteiger partial charge < -0.3 is 37.7 Å². The van der Waals surface area contributed by atoms with E-state index in [1.165, 1.54) is 6.33 Å². The summed E-state index contributed by atoms with van der Waals surface area (Å²) in [6, 6.07) is 28.8. The zero-order valence-corrected chi connectivity index (χ0v) is 36.2. The van der Waals surface area contributed by atoms with Crippen molar-refractivity contribution in [3.05, 3.63) is 126 Å². The number of benzene rings is 3. The number of aliphatic imine (C=N–C) groups is 1. The molecular formula is C45H55N8O6P. The van der Waals surface area contributed by atoms with Crippen molar-refractivity contribution in [2.24, 2.45) is 4.99 Å². The van der Waals surface area contributed by atoms with Gasteiger partial charge in [0.05, 0.1) is 39.4 Å². The number of fused-ring (bicyclic) bond motifs is 1. The average molecular weight is 835 g/mol. The highest BCUT2D eigenvalue weighted by atomic mass is 31.2. The second-order valence-corrected chi connectivity index (χ2v) is 16.7. The third kappa shape index (κ3) is 9.54. The largest absolute Gasteiger partial charge is 0.497 e. The highest BCUT2D eigenvalue weighted by Gasteiger charge is 2.45. The number of amidine groups is 1. The van der Waals surface area contributed by atoms with Crippen LogP contribution in [0.5, 0.6) is 5.75 Å². The Labute approximate surface area is 354 Å². The summed E-state index contributed by atoms with van der Waals surface area (Å²) in [5.41, 5.74) is 3.00. The lowest BCUT2D eigenvalue weighted by Crippen LogP contribution is -2.39. The number of nitrogens with zero attached hydrogens (tertiary/aromatic N) is 8. The van der Waals surface area contributed by atoms with Gasteiger partial charge in [-0.1, -0.05) is 72.8 Å². The molecule has 0 amide bonds. The monoisotopic (exact) mass is 834 g/mol. The lowest BCUT2D eigenvalue weighted by Gasteiger charge is -2.38. The van der Waals surface area contributed by atoms with E-state index in [9.17, 15) is 0 Å². The Morgan fingerprint density at radius 1 is 0.933 bits per heavy atom. The van der Waals surface area contributed by atoms with Crippen LogP contribution in [0.1, 0.15) is 64.0 Å². The summed E-state index contributed by atoms with van der Waals surface area (Å²) in [5, 5.41) is 0. The molecule has 4 atom stereocenters. The summed E-state index contributed by atoms with van der Waals surface area (Å²) in [6.45, 7) is 21.4. The maximum atomic E-state index is 7.42. The number of ether oxygens (including phenoxy) is 4. The molecule has 0 bridgehead atoms. The molecule has 15 heteroatoms. The number of rotatable bonds is 17. The van der Waals surface area contributed by atoms with Gasteiger partial charge in [0.25, 0.3) is 8.53 Å². The lowest BCUT2D eigenvalue weighted by molar-refractivity contribution is -0.0911. The topological polar surface area (TPSA) is 122 Å². The molecule has 2 saturated heterocycles. The molecule has 0 N–H and O–H groups in total. The van der Waals surface area contributed by atoms with Crippen molar-refractivity contribution in [1.82, 2.24) is 29.1 Å². The van der Waals surface area contributed by atoms with Gasteiger partial charge in [-0.3, -0.25) is 4.57 Å². The highest BCUT2D eigenvalue weighted by molar-refractivity contribution is 7.44. The van der Waals surface area contributed by atoms with Crippen LogP contribution >= 0.6 is 8.53 Å². The van der Waals surface area contributed by atoms with Gasteiger partial charge in [0, 0.05) is 31.6 Å². The first-order chi connectivity index (χ1) is 29.2. The predicted molar refractivity (Wildman–Crippen MR) is 232 cm³/mol. The van der Waals surface area contributed by atoms with Crippen molar-refractivity contribution >= 4 is 31.3 Å². The number of methoxy groups -OCH3 is 1. The quantitative estimate of drug-likeness (QED) is 0.0225. The molecule has 4 heterocycles. The molecule has 3 aromatic carbocycles. The van der Waals surface area contributed by atoms with Crippen LogP contribution in [0.25, 0.3) is 16.0 Å². The summed E-state index contributed by atoms with van der Waals surface area (Å²) in [5.74, 6) is 2.08. The zero-order chi connectivity index (χ0) is 42.1. The Kier molecular flexibility index (Phi) is 14.5. The molecule has 2 aliphatic heterocycles. The Hall–Kier alpha value is -4.84. The van der Waals surface area contributed by atoms with E-state index in [1.54, 1.807) is 13.4 Å². The van der Waals surface area contributed by atoms with Crippen LogP contribution in [0.4, 0.5) is 5.82 Å². The molecule has 316 valence electrons. The highest BCUT2D eigenvalue weighted by Crippen LogP contribution is 2.51. The van der Waals surface area contributed by atoms with Crippen LogP contribution < -0.4 is 4.74 Å². The van der Waals surface area contributed by atoms with Gasteiger partial charge in [0.15, 0.2) is 17.0 Å². The zero-order valence-electron chi connectivity index (χ0n) is 35.3. The molecule has 0 aliphatic carbocycles. The van der Waals surface area contributed by atoms with Gasteiger partial charge in [-0.2, -0.15) is 0 Å². The van der Waals surface area contributed by atoms with Crippen molar-refractivity contribution in [3.8, 4) is 5.75 Å². The minimum atomic E-state index is -1.60. The fraction of sp³-hybridized carbons (Fsp3) is 0.444. The van der Waals surface area contributed by atoms with E-state index >= 15 is 0 Å². The van der Waals surface area contributed by atoms with Gasteiger partial charge in [0.2, 0.25) is 6.54 Å². The first kappa shape index (κ1) is 43.3. The van der Waals surface area contributed by atoms with Crippen molar-refractivity contribution < 1.29 is 28.0 Å². The van der Waals surface area contributed by atoms with Crippen LogP contribution in [-0.4, -0.2) is 112 Å². The average Bonchev–Trinajstić information content (AvgIpc) is 3.89. The molecule has 0 saturated carbocycles. The Balaban J connectivity index is 1.27. The third-order valence-corrected chi connectivity index (χ3v) is 12.9. The van der Waals surface area contributed by atoms with E-state index in [1.807, 2.05) is 60.0 Å². The lowest BCUT2D eigenvalue weighted by atomic mass is 9.80. The van der Waals surface area contributed by atoms with Crippen LogP contribution in [0, 0.1) is 6.57 Å². The fourth-order valence-corrected chi connectivity index (χ4v) is 9.66. The van der Waals surface area contributed by atoms with E-state index in [0.29, 0.717) is 36.6 Å². The van der Waals surface area contributed by atoms with E-state index in [4.69, 9.17) is 44.5 Å². The molecule has 0 radical (unpaired) electrons. The predicted octanol–water partition coefficient (Wildman–Crippen LogP) is 8.18. The van der Waals surface area contributed by atoms with Crippen molar-refractivity contribution in [1.29, 1.82) is 0 Å². The SMILES string of the molecule is [C-]#[N+]CCOP(OC1C[C@H](n2cnc3c(N=C(C)N4CCOCC4)ncnc32)O[C@@H]1COC(c1ccccc1)(c1ccccc1)c1ccc(OC)cc1)N(C(C)C)C(C)C. The summed E-state index contributed by atoms with van der Waals surface area (Å²) in [4.78, 5) is 24.6. The Bertz CT molecular complexity index is 2150. The summed E-state index contributed by atoms with van der Waals surface area (Å²) in [6.07, 6.45) is 2.16. The number of hydrogen-bond acceptors (Lipinski definition) is 11. The van der Waals surface area contributed by atoms with Gasteiger partial charge in [-0.05, 0) is 63.4 Å². The van der Waals surface area contributed by atoms with Crippen LogP contribution in [-0.2, 0) is 28.9 Å². The molecule has 2 aliphatic rings. The minimum Gasteiger partial charge on any atom is -0.497 e. The van der Waals surface area contributed by atoms with Crippen molar-refractivity contribution in [2.75, 3.05) is 53.2 Å². The van der Waals surface area contributed by atoms with Gasteiger partial charge in [-0.25, -0.2) is 31.2 Å². The molecule has 60 heavy (non-hydrogen) atoms. The summed E-state index contributed by atoms with van der Waals surface area (Å²) in [7, 11) is 0.0615. The van der Waals surface area contributed by atoms with Crippen molar-refractivity contribution in [2.45, 2.75) is 77.2 Å². The summed E-state index contributed by atoms with van der Waals surface area (Å²) < 4.78 is 43.2. The first-order valence-corrected chi connectivity index (χ1v) is 21.7. The van der Waals surface area contributed by atoms with Crippen LogP contribution in [0.2, 0.25) is 0 Å². The standard InChI is InChI=1S/C45H55N8O6P/c1-32(2)53(33(3)4)60(57-25-22-46-6)59-39-28-41(52-31-49-42-43(47-30-48-44(42)52)50-34(5)51-23-26-55-27-24-51)58-40(39)29-56-45(35-14-10-8-11-15-35,36-16-12-9-13-17-36)37-18-20-38(54-7)21-19-37/h8-21,30-33,39-41H,22-29H2,1-5,7H3/t39?,40-,41-,60?/m1/s1. The van der Waals surface area contributed by atoms with Crippen LogP contribution in [0.15, 0.2) is 103 Å². The summed E-state index contributed by atoms with van der Waals surface area (Å²) >= 11 is 0. The number of imidazole rings is 1. The Morgan fingerprint density at radius 3 is 2.20 bits per heavy atom. The number of morpholine rings is 1. The second kappa shape index (κ2) is 20.1. The molecular weight excluding hydrogens is 780 g/mol. The molecule has 2 fully saturated rings. The Morgan fingerprint density at radius 2 is 1.58 bits per heavy atom. The van der Waals surface area contributed by atoms with Gasteiger partial charge in [-0.15, -0.1) is 0 Å². The van der Waals surface area contributed by atoms with E-state index < -0.39 is 32.6 Å². The van der Waals surface area contributed by atoms with E-state index in [2.05, 4.69) is 88.5 Å². The van der Waals surface area contributed by atoms with Crippen molar-refractivity contribution in [3.63, 3.8) is 0 Å². The molecule has 2 aromatic heterocycles. The smallest absolute Gasteiger partial charge is 0.259 e. The molecule has 0 spiro atoms. The van der Waals surface area contributed by atoms with Crippen LogP contribution in [0.3, 0.4) is 0 Å². The van der Waals surface area contributed by atoms with Gasteiger partial charge >= 0.3 is 0 Å². The third-order valence-electron chi connectivity index (χ3n) is 10.8. The van der Waals surface area contributed by atoms with Gasteiger partial charge in [0.1, 0.15) is 42.5 Å². The van der Waals surface area contributed by atoms with E-state index in [0.717, 1.165) is 41.4 Å².